The number of nitrogens with zero attached hydrogens (tertiary/aromatic N) is 1. The minimum absolute atomic E-state index is 0.0588. The van der Waals surface area contributed by atoms with Crippen molar-refractivity contribution in [1.29, 1.82) is 0 Å². The van der Waals surface area contributed by atoms with Crippen LogP contribution < -0.4 is 18.9 Å². The van der Waals surface area contributed by atoms with E-state index in [2.05, 4.69) is 18.2 Å². The van der Waals surface area contributed by atoms with Gasteiger partial charge in [-0.25, -0.2) is 0 Å². The highest BCUT2D eigenvalue weighted by Gasteiger charge is 2.33. The van der Waals surface area contributed by atoms with Crippen LogP contribution in [-0.4, -0.2) is 43.8 Å². The van der Waals surface area contributed by atoms with Gasteiger partial charge in [0.2, 0.25) is 0 Å². The fourth-order valence-electron chi connectivity index (χ4n) is 4.70. The van der Waals surface area contributed by atoms with E-state index < -0.39 is 0 Å². The van der Waals surface area contributed by atoms with Gasteiger partial charge in [-0.3, -0.25) is 4.79 Å². The average molecular weight is 510 g/mol. The fourth-order valence-corrected chi connectivity index (χ4v) is 5.38. The van der Waals surface area contributed by atoms with Crippen molar-refractivity contribution in [2.75, 3.05) is 33.0 Å². The van der Waals surface area contributed by atoms with Crippen LogP contribution in [0.4, 0.5) is 0 Å². The Morgan fingerprint density at radius 1 is 0.861 bits per heavy atom. The smallest absolute Gasteiger partial charge is 0.264 e. The number of rotatable bonds is 11. The summed E-state index contributed by atoms with van der Waals surface area (Å²) in [5, 5.41) is 1.95. The number of hydrogen-bond donors (Lipinski definition) is 0. The van der Waals surface area contributed by atoms with Crippen molar-refractivity contribution in [3.8, 4) is 23.0 Å². The van der Waals surface area contributed by atoms with Gasteiger partial charge in [-0.2, -0.15) is 0 Å². The van der Waals surface area contributed by atoms with Crippen LogP contribution in [0.25, 0.3) is 0 Å². The van der Waals surface area contributed by atoms with Crippen LogP contribution in [0.15, 0.2) is 47.8 Å². The van der Waals surface area contributed by atoms with E-state index in [4.69, 9.17) is 18.9 Å². The molecule has 36 heavy (non-hydrogen) atoms. The second kappa shape index (κ2) is 12.2. The molecule has 2 aromatic carbocycles. The van der Waals surface area contributed by atoms with Crippen molar-refractivity contribution in [2.45, 2.75) is 46.6 Å². The maximum Gasteiger partial charge on any atom is 0.264 e. The van der Waals surface area contributed by atoms with Crippen molar-refractivity contribution in [1.82, 2.24) is 4.90 Å². The SMILES string of the molecule is CCOc1ccc(C[C@H]2c3cc(OCC)c(OCC)cc3CCN2C(=O)c2cccs2)cc1OCC. The number of thiophene rings is 1. The summed E-state index contributed by atoms with van der Waals surface area (Å²) in [7, 11) is 0. The third-order valence-electron chi connectivity index (χ3n) is 6.19. The van der Waals surface area contributed by atoms with Crippen LogP contribution in [0.5, 0.6) is 23.0 Å². The van der Waals surface area contributed by atoms with E-state index >= 15 is 0 Å². The van der Waals surface area contributed by atoms with Gasteiger partial charge < -0.3 is 23.8 Å². The van der Waals surface area contributed by atoms with Crippen molar-refractivity contribution in [3.63, 3.8) is 0 Å². The molecule has 6 nitrogen and oxygen atoms in total. The van der Waals surface area contributed by atoms with Crippen molar-refractivity contribution >= 4 is 17.2 Å². The second-order valence-electron chi connectivity index (χ2n) is 8.46. The van der Waals surface area contributed by atoms with Crippen LogP contribution in [0.1, 0.15) is 60.1 Å². The second-order valence-corrected chi connectivity index (χ2v) is 9.40. The molecule has 0 N–H and O–H groups in total. The van der Waals surface area contributed by atoms with E-state index in [0.29, 0.717) is 39.4 Å². The first-order valence-corrected chi connectivity index (χ1v) is 13.6. The summed E-state index contributed by atoms with van der Waals surface area (Å²) in [5.74, 6) is 3.00. The molecule has 2 heterocycles. The molecule has 0 fully saturated rings. The first-order valence-electron chi connectivity index (χ1n) is 12.7. The van der Waals surface area contributed by atoms with E-state index in [9.17, 15) is 4.79 Å². The molecule has 0 unspecified atom stereocenters. The predicted octanol–water partition coefficient (Wildman–Crippen LogP) is 6.33. The molecule has 0 aliphatic carbocycles. The highest BCUT2D eigenvalue weighted by molar-refractivity contribution is 7.12. The van der Waals surface area contributed by atoms with Gasteiger partial charge in [-0.05, 0) is 92.9 Å². The minimum Gasteiger partial charge on any atom is -0.490 e. The van der Waals surface area contributed by atoms with Gasteiger partial charge in [0.15, 0.2) is 23.0 Å². The van der Waals surface area contributed by atoms with Crippen LogP contribution in [0.3, 0.4) is 0 Å². The third kappa shape index (κ3) is 5.62. The lowest BCUT2D eigenvalue weighted by Crippen LogP contribution is -2.40. The lowest BCUT2D eigenvalue weighted by molar-refractivity contribution is 0.0664. The summed E-state index contributed by atoms with van der Waals surface area (Å²) in [4.78, 5) is 16.3. The predicted molar refractivity (Wildman–Crippen MR) is 143 cm³/mol. The molecule has 7 heteroatoms. The van der Waals surface area contributed by atoms with Gasteiger partial charge in [0.25, 0.3) is 5.91 Å². The molecule has 0 radical (unpaired) electrons. The van der Waals surface area contributed by atoms with Crippen LogP contribution in [0.2, 0.25) is 0 Å². The lowest BCUT2D eigenvalue weighted by Gasteiger charge is -2.38. The standard InChI is InChI=1S/C29H35NO5S/c1-5-32-24-12-11-20(17-25(24)33-6-2)16-23-22-19-27(35-8-4)26(34-7-3)18-21(22)13-14-30(23)29(31)28-10-9-15-36-28/h9-12,15,17-19,23H,5-8,13-14,16H2,1-4H3/t23-/m0/s1. The van der Waals surface area contributed by atoms with Crippen LogP contribution in [-0.2, 0) is 12.8 Å². The fraction of sp³-hybridized carbons (Fsp3) is 0.414. The summed E-state index contributed by atoms with van der Waals surface area (Å²) >= 11 is 1.48. The minimum atomic E-state index is -0.148. The molecule has 0 spiro atoms. The zero-order valence-corrected chi connectivity index (χ0v) is 22.4. The Balaban J connectivity index is 1.76. The summed E-state index contributed by atoms with van der Waals surface area (Å²) in [6.45, 7) is 10.7. The summed E-state index contributed by atoms with van der Waals surface area (Å²) in [6.07, 6.45) is 1.42. The number of benzene rings is 2. The molecule has 1 aliphatic heterocycles. The Morgan fingerprint density at radius 3 is 2.14 bits per heavy atom. The van der Waals surface area contributed by atoms with Gasteiger partial charge in [-0.15, -0.1) is 11.3 Å². The molecule has 0 saturated heterocycles. The largest absolute Gasteiger partial charge is 0.490 e. The molecule has 1 atom stereocenters. The Hall–Kier alpha value is -3.19. The molecule has 4 rings (SSSR count). The zero-order chi connectivity index (χ0) is 25.5. The number of carbonyl (C=O) groups excluding carboxylic acids is 1. The highest BCUT2D eigenvalue weighted by atomic mass is 32.1. The number of fused-ring (bicyclic) bond motifs is 1. The molecule has 0 bridgehead atoms. The van der Waals surface area contributed by atoms with E-state index in [1.807, 2.05) is 62.2 Å². The van der Waals surface area contributed by atoms with Gasteiger partial charge in [-0.1, -0.05) is 12.1 Å². The monoisotopic (exact) mass is 509 g/mol. The topological polar surface area (TPSA) is 57.2 Å². The van der Waals surface area contributed by atoms with E-state index in [1.54, 1.807) is 0 Å². The Labute approximate surface area is 217 Å². The Kier molecular flexibility index (Phi) is 8.75. The van der Waals surface area contributed by atoms with Gasteiger partial charge in [0.1, 0.15) is 0 Å². The first kappa shape index (κ1) is 25.9. The Morgan fingerprint density at radius 2 is 1.50 bits per heavy atom. The molecular formula is C29H35NO5S. The molecular weight excluding hydrogens is 474 g/mol. The Bertz CT molecular complexity index is 1160. The first-order chi connectivity index (χ1) is 17.6. The summed E-state index contributed by atoms with van der Waals surface area (Å²) in [6, 6.07) is 13.9. The number of carbonyl (C=O) groups is 1. The number of hydrogen-bond acceptors (Lipinski definition) is 6. The van der Waals surface area contributed by atoms with Crippen LogP contribution in [0, 0.1) is 0 Å². The van der Waals surface area contributed by atoms with E-state index in [0.717, 1.165) is 45.4 Å². The normalized spacial score (nSPS) is 14.8. The third-order valence-corrected chi connectivity index (χ3v) is 7.05. The molecule has 0 saturated carbocycles. The molecule has 1 aliphatic rings. The molecule has 1 aromatic heterocycles. The molecule has 192 valence electrons. The quantitative estimate of drug-likeness (QED) is 0.303. The lowest BCUT2D eigenvalue weighted by atomic mass is 9.88. The van der Waals surface area contributed by atoms with Gasteiger partial charge in [0, 0.05) is 6.54 Å². The summed E-state index contributed by atoms with van der Waals surface area (Å²) < 4.78 is 23.5. The molecule has 3 aromatic rings. The highest BCUT2D eigenvalue weighted by Crippen LogP contribution is 2.41. The average Bonchev–Trinajstić information content (AvgIpc) is 3.42. The van der Waals surface area contributed by atoms with Gasteiger partial charge >= 0.3 is 0 Å². The van der Waals surface area contributed by atoms with E-state index in [1.165, 1.54) is 16.9 Å². The van der Waals surface area contributed by atoms with Crippen molar-refractivity contribution < 1.29 is 23.7 Å². The zero-order valence-electron chi connectivity index (χ0n) is 21.5. The van der Waals surface area contributed by atoms with Gasteiger partial charge in [0.05, 0.1) is 37.3 Å². The molecule has 1 amide bonds. The maximum atomic E-state index is 13.6. The summed E-state index contributed by atoms with van der Waals surface area (Å²) in [5.41, 5.74) is 3.37. The number of ether oxygens (including phenoxy) is 4. The maximum absolute atomic E-state index is 13.6. The van der Waals surface area contributed by atoms with Crippen LogP contribution >= 0.6 is 11.3 Å². The van der Waals surface area contributed by atoms with E-state index in [-0.39, 0.29) is 11.9 Å². The van der Waals surface area contributed by atoms with Crippen molar-refractivity contribution in [2.24, 2.45) is 0 Å². The van der Waals surface area contributed by atoms with Crippen molar-refractivity contribution in [3.05, 3.63) is 69.4 Å². The number of amides is 1.